The fourth-order valence-corrected chi connectivity index (χ4v) is 5.87. The monoisotopic (exact) mass is 348 g/mol. The first kappa shape index (κ1) is 18.4. The molecule has 6 heteroatoms. The van der Waals surface area contributed by atoms with Gasteiger partial charge in [-0.25, -0.2) is 0 Å². The Kier molecular flexibility index (Phi) is 4.91. The zero-order valence-corrected chi connectivity index (χ0v) is 16.8. The van der Waals surface area contributed by atoms with Crippen molar-refractivity contribution in [3.63, 3.8) is 0 Å². The summed E-state index contributed by atoms with van der Waals surface area (Å²) < 4.78 is 34.7. The van der Waals surface area contributed by atoms with Crippen LogP contribution in [-0.4, -0.2) is 35.2 Å². The van der Waals surface area contributed by atoms with Gasteiger partial charge < -0.3 is 4.43 Å². The van der Waals surface area contributed by atoms with Crippen molar-refractivity contribution in [3.8, 4) is 0 Å². The van der Waals surface area contributed by atoms with Gasteiger partial charge in [-0.1, -0.05) is 27.2 Å². The molecule has 0 aliphatic heterocycles. The van der Waals surface area contributed by atoms with E-state index in [1.165, 1.54) is 6.42 Å². The Morgan fingerprint density at radius 3 is 2.32 bits per heavy atom. The van der Waals surface area contributed by atoms with Crippen molar-refractivity contribution in [2.75, 3.05) is 6.26 Å². The molecule has 2 fully saturated rings. The molecule has 0 heterocycles. The molecule has 2 aliphatic carbocycles. The van der Waals surface area contributed by atoms with Crippen LogP contribution < -0.4 is 0 Å². The van der Waals surface area contributed by atoms with E-state index in [0.717, 1.165) is 38.4 Å². The highest BCUT2D eigenvalue weighted by atomic mass is 32.2. The second kappa shape index (κ2) is 5.87. The third-order valence-corrected chi connectivity index (χ3v) is 11.1. The molecule has 4 nitrogen and oxygen atoms in total. The number of hydrogen-bond donors (Lipinski definition) is 0. The second-order valence-electron chi connectivity index (χ2n) is 8.79. The molecule has 0 aromatic heterocycles. The summed E-state index contributed by atoms with van der Waals surface area (Å²) in [5.41, 5.74) is 0.144. The summed E-state index contributed by atoms with van der Waals surface area (Å²) >= 11 is 0. The predicted molar refractivity (Wildman–Crippen MR) is 91.9 cm³/mol. The Morgan fingerprint density at radius 1 is 1.14 bits per heavy atom. The summed E-state index contributed by atoms with van der Waals surface area (Å²) in [6.45, 7) is 11.4. The van der Waals surface area contributed by atoms with E-state index < -0.39 is 18.4 Å². The topological polar surface area (TPSA) is 52.6 Å². The van der Waals surface area contributed by atoms with Gasteiger partial charge in [-0.3, -0.25) is 4.18 Å². The smallest absolute Gasteiger partial charge is 0.264 e. The predicted octanol–water partition coefficient (Wildman–Crippen LogP) is 4.08. The minimum atomic E-state index is -3.36. The van der Waals surface area contributed by atoms with E-state index in [0.29, 0.717) is 0 Å². The molecule has 0 unspecified atom stereocenters. The van der Waals surface area contributed by atoms with Gasteiger partial charge in [0.15, 0.2) is 8.32 Å². The van der Waals surface area contributed by atoms with Gasteiger partial charge >= 0.3 is 0 Å². The van der Waals surface area contributed by atoms with Gasteiger partial charge in [-0.15, -0.1) is 0 Å². The molecule has 2 rings (SSSR count). The Bertz CT molecular complexity index is 509. The average Bonchev–Trinajstić information content (AvgIpc) is 2.84. The van der Waals surface area contributed by atoms with Crippen molar-refractivity contribution in [2.45, 2.75) is 89.6 Å². The Labute approximate surface area is 137 Å². The third kappa shape index (κ3) is 3.94. The molecule has 0 N–H and O–H groups in total. The van der Waals surface area contributed by atoms with Crippen LogP contribution in [0.2, 0.25) is 18.1 Å². The molecular weight excluding hydrogens is 316 g/mol. The van der Waals surface area contributed by atoms with Gasteiger partial charge in [0.1, 0.15) is 0 Å². The molecular formula is C16H32O4SSi. The normalized spacial score (nSPS) is 33.7. The lowest BCUT2D eigenvalue weighted by molar-refractivity contribution is 0.0573. The third-order valence-electron chi connectivity index (χ3n) is 5.98. The Balaban J connectivity index is 2.08. The average molecular weight is 349 g/mol. The first-order chi connectivity index (χ1) is 9.85. The molecule has 0 saturated heterocycles. The van der Waals surface area contributed by atoms with E-state index in [2.05, 4.69) is 33.9 Å². The summed E-state index contributed by atoms with van der Waals surface area (Å²) in [4.78, 5) is 0. The Hall–Kier alpha value is 0.0869. The molecule has 22 heavy (non-hydrogen) atoms. The van der Waals surface area contributed by atoms with Crippen LogP contribution in [0.1, 0.15) is 59.3 Å². The summed E-state index contributed by atoms with van der Waals surface area (Å²) in [6.07, 6.45) is 7.42. The lowest BCUT2D eigenvalue weighted by Crippen LogP contribution is -2.47. The molecule has 0 radical (unpaired) electrons. The van der Waals surface area contributed by atoms with E-state index in [1.54, 1.807) is 0 Å². The fraction of sp³-hybridized carbons (Fsp3) is 1.00. The second-order valence-corrected chi connectivity index (χ2v) is 15.1. The van der Waals surface area contributed by atoms with E-state index in [4.69, 9.17) is 8.61 Å². The van der Waals surface area contributed by atoms with E-state index in [-0.39, 0.29) is 22.7 Å². The van der Waals surface area contributed by atoms with Crippen LogP contribution in [-0.2, 0) is 18.7 Å². The van der Waals surface area contributed by atoms with E-state index in [9.17, 15) is 8.42 Å². The largest absolute Gasteiger partial charge is 0.413 e. The highest BCUT2D eigenvalue weighted by Crippen LogP contribution is 2.54. The summed E-state index contributed by atoms with van der Waals surface area (Å²) in [6, 6.07) is 0. The van der Waals surface area contributed by atoms with Gasteiger partial charge in [0, 0.05) is 0 Å². The van der Waals surface area contributed by atoms with Crippen molar-refractivity contribution >= 4 is 18.4 Å². The number of hydrogen-bond acceptors (Lipinski definition) is 4. The molecule has 2 saturated carbocycles. The minimum absolute atomic E-state index is 0.144. The van der Waals surface area contributed by atoms with Crippen LogP contribution in [0.25, 0.3) is 0 Å². The lowest BCUT2D eigenvalue weighted by atomic mass is 9.82. The zero-order chi connectivity index (χ0) is 16.8. The van der Waals surface area contributed by atoms with E-state index >= 15 is 0 Å². The number of rotatable bonds is 4. The first-order valence-electron chi connectivity index (χ1n) is 8.41. The van der Waals surface area contributed by atoms with Crippen LogP contribution >= 0.6 is 0 Å². The van der Waals surface area contributed by atoms with Crippen LogP contribution in [0, 0.1) is 5.41 Å². The SMILES string of the molecule is CC(C)(C)[Si](C)(C)O[C@@H]1CCC[C@]12CC[C@@H](OS(C)(=O)=O)C2. The standard InChI is InChI=1S/C16H32O4SSi/c1-15(2,3)22(5,6)20-14-8-7-10-16(14)11-9-13(12-16)19-21(4,17)18/h13-14H,7-12H2,1-6H3/t13-,14-,16-/m1/s1. The van der Waals surface area contributed by atoms with Gasteiger partial charge in [0.05, 0.1) is 18.5 Å². The molecule has 0 bridgehead atoms. The first-order valence-corrected chi connectivity index (χ1v) is 13.1. The van der Waals surface area contributed by atoms with Gasteiger partial charge in [-0.05, 0) is 55.7 Å². The molecule has 3 atom stereocenters. The Morgan fingerprint density at radius 2 is 1.77 bits per heavy atom. The molecule has 130 valence electrons. The highest BCUT2D eigenvalue weighted by molar-refractivity contribution is 7.86. The zero-order valence-electron chi connectivity index (χ0n) is 14.9. The summed E-state index contributed by atoms with van der Waals surface area (Å²) in [5.74, 6) is 0. The summed E-state index contributed by atoms with van der Waals surface area (Å²) in [5, 5.41) is 0.206. The molecule has 1 spiro atoms. The van der Waals surface area contributed by atoms with Crippen molar-refractivity contribution in [1.29, 1.82) is 0 Å². The van der Waals surface area contributed by atoms with Crippen molar-refractivity contribution in [2.24, 2.45) is 5.41 Å². The maximum atomic E-state index is 11.4. The summed E-state index contributed by atoms with van der Waals surface area (Å²) in [7, 11) is -5.15. The highest BCUT2D eigenvalue weighted by Gasteiger charge is 2.52. The van der Waals surface area contributed by atoms with Crippen LogP contribution in [0.3, 0.4) is 0 Å². The molecule has 0 amide bonds. The van der Waals surface area contributed by atoms with Crippen molar-refractivity contribution < 1.29 is 17.0 Å². The van der Waals surface area contributed by atoms with Crippen LogP contribution in [0.15, 0.2) is 0 Å². The van der Waals surface area contributed by atoms with Gasteiger partial charge in [0.2, 0.25) is 0 Å². The quantitative estimate of drug-likeness (QED) is 0.567. The maximum Gasteiger partial charge on any atom is 0.264 e. The van der Waals surface area contributed by atoms with Crippen molar-refractivity contribution in [1.82, 2.24) is 0 Å². The molecule has 2 aliphatic rings. The van der Waals surface area contributed by atoms with E-state index in [1.807, 2.05) is 0 Å². The molecule has 0 aromatic rings. The van der Waals surface area contributed by atoms with Crippen LogP contribution in [0.5, 0.6) is 0 Å². The minimum Gasteiger partial charge on any atom is -0.413 e. The van der Waals surface area contributed by atoms with Gasteiger partial charge in [-0.2, -0.15) is 8.42 Å². The van der Waals surface area contributed by atoms with Gasteiger partial charge in [0.25, 0.3) is 10.1 Å². The lowest BCUT2D eigenvalue weighted by Gasteiger charge is -2.43. The molecule has 0 aromatic carbocycles. The maximum absolute atomic E-state index is 11.4. The fourth-order valence-electron chi connectivity index (χ4n) is 3.78. The van der Waals surface area contributed by atoms with Crippen molar-refractivity contribution in [3.05, 3.63) is 0 Å². The van der Waals surface area contributed by atoms with Crippen LogP contribution in [0.4, 0.5) is 0 Å².